The Morgan fingerprint density at radius 2 is 1.14 bits per heavy atom. The number of hydrogen-bond donors (Lipinski definition) is 2. The van der Waals surface area contributed by atoms with Crippen LogP contribution in [0.4, 0.5) is 22.7 Å². The Bertz CT molecular complexity index is 1310. The van der Waals surface area contributed by atoms with Crippen molar-refractivity contribution < 1.29 is 19.4 Å². The number of thiophene rings is 2. The van der Waals surface area contributed by atoms with E-state index < -0.39 is 21.7 Å². The van der Waals surface area contributed by atoms with E-state index in [4.69, 9.17) is 0 Å². The molecule has 0 aliphatic carbocycles. The zero-order valence-electron chi connectivity index (χ0n) is 17.8. The van der Waals surface area contributed by atoms with Crippen LogP contribution in [0.25, 0.3) is 0 Å². The fourth-order valence-electron chi connectivity index (χ4n) is 3.33. The average Bonchev–Trinajstić information content (AvgIpc) is 3.55. The molecule has 2 aromatic carbocycles. The Labute approximate surface area is 206 Å². The van der Waals surface area contributed by atoms with Crippen LogP contribution in [0, 0.1) is 20.2 Å². The average molecular weight is 509 g/mol. The number of nitro groups is 2. The molecular formula is C23H16N4O6S2. The van der Waals surface area contributed by atoms with E-state index in [-0.39, 0.29) is 40.3 Å². The van der Waals surface area contributed by atoms with Crippen molar-refractivity contribution in [1.29, 1.82) is 0 Å². The SMILES string of the molecule is O=C(Nc1ccc(Cc2ccc(NC(=O)c3cccs3)cc2[N+](=O)[O-])c([N+](=O)[O-])c1)c1cccs1. The third kappa shape index (κ3) is 5.57. The van der Waals surface area contributed by atoms with E-state index in [1.165, 1.54) is 59.1 Å². The van der Waals surface area contributed by atoms with E-state index in [1.807, 2.05) is 0 Å². The van der Waals surface area contributed by atoms with Crippen LogP contribution in [0.3, 0.4) is 0 Å². The van der Waals surface area contributed by atoms with Crippen LogP contribution in [0.15, 0.2) is 71.4 Å². The van der Waals surface area contributed by atoms with Gasteiger partial charge in [0, 0.05) is 41.1 Å². The molecule has 2 heterocycles. The van der Waals surface area contributed by atoms with Gasteiger partial charge in [-0.3, -0.25) is 29.8 Å². The molecule has 12 heteroatoms. The number of carbonyl (C=O) groups is 2. The highest BCUT2D eigenvalue weighted by Gasteiger charge is 2.22. The van der Waals surface area contributed by atoms with Gasteiger partial charge in [-0.05, 0) is 47.2 Å². The van der Waals surface area contributed by atoms with Crippen molar-refractivity contribution in [2.45, 2.75) is 6.42 Å². The van der Waals surface area contributed by atoms with E-state index in [0.717, 1.165) is 0 Å². The molecule has 0 unspecified atom stereocenters. The maximum absolute atomic E-state index is 12.3. The van der Waals surface area contributed by atoms with Crippen molar-refractivity contribution in [2.24, 2.45) is 0 Å². The number of carbonyl (C=O) groups excluding carboxylic acids is 2. The third-order valence-corrected chi connectivity index (χ3v) is 6.69. The van der Waals surface area contributed by atoms with Crippen LogP contribution < -0.4 is 10.6 Å². The summed E-state index contributed by atoms with van der Waals surface area (Å²) >= 11 is 2.48. The normalized spacial score (nSPS) is 10.5. The number of nitrogens with zero attached hydrogens (tertiary/aromatic N) is 2. The lowest BCUT2D eigenvalue weighted by Gasteiger charge is -2.09. The van der Waals surface area contributed by atoms with Crippen molar-refractivity contribution in [3.8, 4) is 0 Å². The Hall–Kier alpha value is -4.42. The second-order valence-corrected chi connectivity index (χ2v) is 9.14. The van der Waals surface area contributed by atoms with Gasteiger partial charge >= 0.3 is 0 Å². The fourth-order valence-corrected chi connectivity index (χ4v) is 4.57. The number of hydrogen-bond acceptors (Lipinski definition) is 8. The quantitative estimate of drug-likeness (QED) is 0.230. The molecule has 0 aliphatic heterocycles. The molecule has 0 bridgehead atoms. The Kier molecular flexibility index (Phi) is 6.94. The Morgan fingerprint density at radius 1 is 0.714 bits per heavy atom. The monoisotopic (exact) mass is 508 g/mol. The highest BCUT2D eigenvalue weighted by molar-refractivity contribution is 7.12. The topological polar surface area (TPSA) is 144 Å². The molecule has 4 aromatic rings. The van der Waals surface area contributed by atoms with Crippen molar-refractivity contribution in [2.75, 3.05) is 10.6 Å². The Morgan fingerprint density at radius 3 is 1.49 bits per heavy atom. The van der Waals surface area contributed by atoms with Crippen LogP contribution in [0.5, 0.6) is 0 Å². The third-order valence-electron chi connectivity index (χ3n) is 4.95. The van der Waals surface area contributed by atoms with Crippen LogP contribution in [0.2, 0.25) is 0 Å². The molecule has 0 saturated heterocycles. The molecule has 0 radical (unpaired) electrons. The molecule has 0 spiro atoms. The number of rotatable bonds is 8. The van der Waals surface area contributed by atoms with Gasteiger partial charge in [0.1, 0.15) is 0 Å². The van der Waals surface area contributed by atoms with Crippen LogP contribution in [0.1, 0.15) is 30.5 Å². The predicted octanol–water partition coefficient (Wildman–Crippen LogP) is 5.72. The lowest BCUT2D eigenvalue weighted by Crippen LogP contribution is -2.11. The molecule has 4 rings (SSSR count). The molecule has 176 valence electrons. The molecule has 10 nitrogen and oxygen atoms in total. The maximum Gasteiger partial charge on any atom is 0.275 e. The first-order valence-corrected chi connectivity index (χ1v) is 11.8. The molecule has 2 aromatic heterocycles. The van der Waals surface area contributed by atoms with Gasteiger partial charge in [0.2, 0.25) is 0 Å². The van der Waals surface area contributed by atoms with E-state index in [9.17, 15) is 29.8 Å². The van der Waals surface area contributed by atoms with Gasteiger partial charge in [-0.25, -0.2) is 0 Å². The van der Waals surface area contributed by atoms with E-state index in [0.29, 0.717) is 9.75 Å². The molecule has 0 saturated carbocycles. The zero-order chi connectivity index (χ0) is 24.9. The zero-order valence-corrected chi connectivity index (χ0v) is 19.4. The minimum atomic E-state index is -0.600. The van der Waals surface area contributed by atoms with Gasteiger partial charge < -0.3 is 10.6 Å². The molecule has 0 aliphatic rings. The number of amides is 2. The standard InChI is InChI=1S/C23H16N4O6S2/c28-22(20-3-1-9-34-20)24-16-7-5-14(18(12-16)26(30)31)11-15-6-8-17(13-19(15)27(32)33)25-23(29)21-4-2-10-35-21/h1-10,12-13H,11H2,(H,24,28)(H,25,29). The molecule has 0 atom stereocenters. The number of nitrogens with one attached hydrogen (secondary N) is 2. The molecule has 35 heavy (non-hydrogen) atoms. The molecule has 0 fully saturated rings. The van der Waals surface area contributed by atoms with Crippen molar-refractivity contribution in [3.63, 3.8) is 0 Å². The predicted molar refractivity (Wildman–Crippen MR) is 134 cm³/mol. The van der Waals surface area contributed by atoms with Crippen molar-refractivity contribution in [1.82, 2.24) is 0 Å². The summed E-state index contributed by atoms with van der Waals surface area (Å²) in [7, 11) is 0. The number of benzene rings is 2. The molecule has 2 N–H and O–H groups in total. The van der Waals surface area contributed by atoms with E-state index in [2.05, 4.69) is 10.6 Å². The molecular weight excluding hydrogens is 492 g/mol. The maximum atomic E-state index is 12.3. The van der Waals surface area contributed by atoms with Crippen LogP contribution in [-0.4, -0.2) is 21.7 Å². The largest absolute Gasteiger partial charge is 0.321 e. The second kappa shape index (κ2) is 10.2. The lowest BCUT2D eigenvalue weighted by atomic mass is 10.0. The summed E-state index contributed by atoms with van der Waals surface area (Å²) in [5, 5.41) is 32.1. The number of anilines is 2. The summed E-state index contributed by atoms with van der Waals surface area (Å²) in [4.78, 5) is 47.6. The van der Waals surface area contributed by atoms with Gasteiger partial charge in [0.15, 0.2) is 0 Å². The smallest absolute Gasteiger partial charge is 0.275 e. The minimum Gasteiger partial charge on any atom is -0.321 e. The summed E-state index contributed by atoms with van der Waals surface area (Å²) in [5.41, 5.74) is 0.391. The first-order chi connectivity index (χ1) is 16.8. The summed E-state index contributed by atoms with van der Waals surface area (Å²) in [5.74, 6) is -0.782. The van der Waals surface area contributed by atoms with E-state index in [1.54, 1.807) is 35.0 Å². The lowest BCUT2D eigenvalue weighted by molar-refractivity contribution is -0.386. The van der Waals surface area contributed by atoms with Gasteiger partial charge in [-0.1, -0.05) is 12.1 Å². The summed E-state index contributed by atoms with van der Waals surface area (Å²) in [6.07, 6.45) is -0.0923. The summed E-state index contributed by atoms with van der Waals surface area (Å²) < 4.78 is 0. The number of nitro benzene ring substituents is 2. The summed E-state index contributed by atoms with van der Waals surface area (Å²) in [6, 6.07) is 15.1. The first kappa shape index (κ1) is 23.7. The highest BCUT2D eigenvalue weighted by Crippen LogP contribution is 2.31. The fraction of sp³-hybridized carbons (Fsp3) is 0.0435. The van der Waals surface area contributed by atoms with Crippen molar-refractivity contribution in [3.05, 3.63) is 113 Å². The minimum absolute atomic E-state index is 0.0923. The second-order valence-electron chi connectivity index (χ2n) is 7.24. The molecule has 2 amide bonds. The van der Waals surface area contributed by atoms with E-state index >= 15 is 0 Å². The Balaban J connectivity index is 1.58. The summed E-state index contributed by atoms with van der Waals surface area (Å²) in [6.45, 7) is 0. The van der Waals surface area contributed by atoms with Gasteiger partial charge in [0.25, 0.3) is 23.2 Å². The van der Waals surface area contributed by atoms with Gasteiger partial charge in [0.05, 0.1) is 19.6 Å². The van der Waals surface area contributed by atoms with Crippen LogP contribution >= 0.6 is 22.7 Å². The van der Waals surface area contributed by atoms with Crippen molar-refractivity contribution >= 4 is 57.2 Å². The highest BCUT2D eigenvalue weighted by atomic mass is 32.1. The van der Waals surface area contributed by atoms with Crippen LogP contribution in [-0.2, 0) is 6.42 Å². The van der Waals surface area contributed by atoms with Gasteiger partial charge in [-0.2, -0.15) is 0 Å². The van der Waals surface area contributed by atoms with Gasteiger partial charge in [-0.15, -0.1) is 22.7 Å². The first-order valence-electron chi connectivity index (χ1n) is 10.1.